The van der Waals surface area contributed by atoms with Crippen molar-refractivity contribution in [2.75, 3.05) is 10.6 Å². The molecule has 126 valence electrons. The minimum Gasteiger partial charge on any atom is -0.505 e. The summed E-state index contributed by atoms with van der Waals surface area (Å²) in [5.74, 6) is -0.537. The fourth-order valence-corrected chi connectivity index (χ4v) is 2.36. The highest BCUT2D eigenvalue weighted by Crippen LogP contribution is 2.31. The molecule has 24 heavy (non-hydrogen) atoms. The molecule has 0 radical (unpaired) electrons. The highest BCUT2D eigenvalue weighted by molar-refractivity contribution is 5.99. The zero-order chi connectivity index (χ0) is 17.9. The zero-order valence-electron chi connectivity index (χ0n) is 13.8. The summed E-state index contributed by atoms with van der Waals surface area (Å²) in [6, 6.07) is 4.59. The summed E-state index contributed by atoms with van der Waals surface area (Å²) in [6.07, 6.45) is 4.57. The Morgan fingerprint density at radius 2 is 1.92 bits per heavy atom. The lowest BCUT2D eigenvalue weighted by molar-refractivity contribution is 0.101. The van der Waals surface area contributed by atoms with E-state index in [4.69, 9.17) is 0 Å². The number of carbonyl (C=O) groups is 1. The van der Waals surface area contributed by atoms with Crippen molar-refractivity contribution in [1.82, 2.24) is 0 Å². The van der Waals surface area contributed by atoms with Crippen LogP contribution in [-0.2, 0) is 0 Å². The van der Waals surface area contributed by atoms with Crippen LogP contribution in [0.3, 0.4) is 0 Å². The molecule has 0 saturated heterocycles. The van der Waals surface area contributed by atoms with Crippen LogP contribution in [0.1, 0.15) is 37.6 Å². The second-order valence-electron chi connectivity index (χ2n) is 5.64. The molecule has 0 aromatic heterocycles. The van der Waals surface area contributed by atoms with E-state index in [-0.39, 0.29) is 40.2 Å². The maximum absolute atomic E-state index is 11.8. The first-order valence-corrected chi connectivity index (χ1v) is 7.67. The average Bonchev–Trinajstić information content (AvgIpc) is 2.56. The van der Waals surface area contributed by atoms with E-state index in [0.29, 0.717) is 6.42 Å². The third-order valence-electron chi connectivity index (χ3n) is 3.70. The van der Waals surface area contributed by atoms with Gasteiger partial charge in [-0.05, 0) is 39.3 Å². The van der Waals surface area contributed by atoms with Crippen molar-refractivity contribution in [2.45, 2.75) is 33.2 Å². The van der Waals surface area contributed by atoms with E-state index in [1.54, 1.807) is 6.07 Å². The van der Waals surface area contributed by atoms with Crippen LogP contribution >= 0.6 is 0 Å². The van der Waals surface area contributed by atoms with E-state index in [9.17, 15) is 19.5 Å². The van der Waals surface area contributed by atoms with Crippen molar-refractivity contribution in [3.8, 4) is 5.75 Å². The van der Waals surface area contributed by atoms with Crippen LogP contribution in [0, 0.1) is 0 Å². The molecule has 0 aliphatic heterocycles. The van der Waals surface area contributed by atoms with Gasteiger partial charge >= 0.3 is 0 Å². The number of hydrogen-bond acceptors (Lipinski definition) is 6. The van der Waals surface area contributed by atoms with Gasteiger partial charge in [0.1, 0.15) is 17.1 Å². The number of ketones is 1. The number of anilines is 3. The first-order valence-electron chi connectivity index (χ1n) is 7.67. The van der Waals surface area contributed by atoms with Crippen LogP contribution < -0.4 is 21.5 Å². The second-order valence-corrected chi connectivity index (χ2v) is 5.64. The minimum atomic E-state index is -0.650. The average molecular weight is 328 g/mol. The minimum absolute atomic E-state index is 0.0257. The van der Waals surface area contributed by atoms with Crippen molar-refractivity contribution in [3.63, 3.8) is 0 Å². The number of carbonyl (C=O) groups excluding carboxylic acids is 1. The Bertz CT molecular complexity index is 860. The summed E-state index contributed by atoms with van der Waals surface area (Å²) in [5, 5.41) is 15.9. The molecule has 0 amide bonds. The van der Waals surface area contributed by atoms with Gasteiger partial charge in [-0.2, -0.15) is 0 Å². The number of benzene rings is 1. The summed E-state index contributed by atoms with van der Waals surface area (Å²) in [7, 11) is 0. The zero-order valence-corrected chi connectivity index (χ0v) is 13.8. The molecule has 0 fully saturated rings. The van der Waals surface area contributed by atoms with Gasteiger partial charge in [0.05, 0.1) is 11.3 Å². The van der Waals surface area contributed by atoms with Gasteiger partial charge in [0.25, 0.3) is 10.9 Å². The number of nitrogens with one attached hydrogen (secondary N) is 2. The molecule has 0 bridgehead atoms. The van der Waals surface area contributed by atoms with E-state index in [0.717, 1.165) is 0 Å². The van der Waals surface area contributed by atoms with Gasteiger partial charge in [0.15, 0.2) is 5.78 Å². The number of allylic oxidation sites excluding steroid dienone is 1. The van der Waals surface area contributed by atoms with Gasteiger partial charge in [-0.25, -0.2) is 0 Å². The van der Waals surface area contributed by atoms with Gasteiger partial charge in [-0.15, -0.1) is 0 Å². The molecule has 2 aromatic rings. The molecule has 6 nitrogen and oxygen atoms in total. The van der Waals surface area contributed by atoms with Gasteiger partial charge in [0, 0.05) is 6.04 Å². The standard InChI is InChI=1S/C18H20N2O4/c1-4-5-7-10(2)19-14-15(18(24)17(14)23)20-13-9-6-8-12(11(3)21)16(13)22/h4-6,8-10,19-20,22H,7H2,1-3H3/b5-4-/t10-/m0/s1. The molecular weight excluding hydrogens is 308 g/mol. The quantitative estimate of drug-likeness (QED) is 0.313. The Hall–Kier alpha value is -2.89. The molecule has 0 unspecified atom stereocenters. The van der Waals surface area contributed by atoms with Crippen molar-refractivity contribution in [2.24, 2.45) is 0 Å². The van der Waals surface area contributed by atoms with Crippen LogP contribution in [0.5, 0.6) is 5.75 Å². The number of hydrogen-bond donors (Lipinski definition) is 3. The number of para-hydroxylation sites is 1. The summed E-state index contributed by atoms with van der Waals surface area (Å²) in [5.41, 5.74) is -0.586. The topological polar surface area (TPSA) is 95.5 Å². The lowest BCUT2D eigenvalue weighted by Crippen LogP contribution is -2.38. The lowest BCUT2D eigenvalue weighted by Gasteiger charge is -2.19. The molecule has 6 heteroatoms. The fourth-order valence-electron chi connectivity index (χ4n) is 2.36. The van der Waals surface area contributed by atoms with Crippen LogP contribution in [0.15, 0.2) is 39.9 Å². The molecule has 0 aliphatic carbocycles. The van der Waals surface area contributed by atoms with Gasteiger partial charge in [-0.1, -0.05) is 18.2 Å². The SMILES string of the molecule is C/C=C\C[C@H](C)Nc1c(Nc2cccc(C(C)=O)c2O)c(=O)c1=O. The molecule has 1 atom stereocenters. The molecule has 0 spiro atoms. The highest BCUT2D eigenvalue weighted by Gasteiger charge is 2.23. The molecule has 0 aliphatic rings. The third kappa shape index (κ3) is 3.37. The van der Waals surface area contributed by atoms with Crippen LogP contribution in [0.25, 0.3) is 0 Å². The van der Waals surface area contributed by atoms with E-state index in [2.05, 4.69) is 10.6 Å². The predicted molar refractivity (Wildman–Crippen MR) is 95.3 cm³/mol. The van der Waals surface area contributed by atoms with Gasteiger partial charge in [0.2, 0.25) is 0 Å². The van der Waals surface area contributed by atoms with Crippen LogP contribution in [0.2, 0.25) is 0 Å². The smallest absolute Gasteiger partial charge is 0.253 e. The van der Waals surface area contributed by atoms with Crippen LogP contribution in [0.4, 0.5) is 17.1 Å². The number of Topliss-reactive ketones (excluding diaryl/α,β-unsaturated/α-hetero) is 1. The molecule has 2 rings (SSSR count). The molecule has 2 aromatic carbocycles. The van der Waals surface area contributed by atoms with Crippen molar-refractivity contribution in [1.29, 1.82) is 0 Å². The Balaban J connectivity index is 2.28. The van der Waals surface area contributed by atoms with E-state index in [1.807, 2.05) is 26.0 Å². The Morgan fingerprint density at radius 3 is 2.54 bits per heavy atom. The first kappa shape index (κ1) is 17.5. The normalized spacial score (nSPS) is 12.5. The maximum Gasteiger partial charge on any atom is 0.253 e. The molecule has 3 N–H and O–H groups in total. The number of aromatic hydroxyl groups is 1. The Morgan fingerprint density at radius 1 is 1.25 bits per heavy atom. The van der Waals surface area contributed by atoms with Gasteiger partial charge in [-0.3, -0.25) is 14.4 Å². The summed E-state index contributed by atoms with van der Waals surface area (Å²) in [4.78, 5) is 35.1. The molecular formula is C18H20N2O4. The van der Waals surface area contributed by atoms with Crippen LogP contribution in [-0.4, -0.2) is 16.9 Å². The maximum atomic E-state index is 11.8. The monoisotopic (exact) mass is 328 g/mol. The lowest BCUT2D eigenvalue weighted by atomic mass is 10.1. The van der Waals surface area contributed by atoms with Crippen molar-refractivity contribution < 1.29 is 9.90 Å². The van der Waals surface area contributed by atoms with Crippen molar-refractivity contribution >= 4 is 22.8 Å². The Kier molecular flexibility index (Phi) is 5.18. The van der Waals surface area contributed by atoms with E-state index >= 15 is 0 Å². The second kappa shape index (κ2) is 7.12. The molecule has 0 saturated carbocycles. The fraction of sp³-hybridized carbons (Fsp3) is 0.278. The Labute approximate surface area is 139 Å². The third-order valence-corrected chi connectivity index (χ3v) is 3.70. The van der Waals surface area contributed by atoms with Crippen molar-refractivity contribution in [3.05, 3.63) is 56.4 Å². The van der Waals surface area contributed by atoms with E-state index < -0.39 is 10.9 Å². The highest BCUT2D eigenvalue weighted by atomic mass is 16.3. The summed E-state index contributed by atoms with van der Waals surface area (Å²) >= 11 is 0. The summed E-state index contributed by atoms with van der Waals surface area (Å²) < 4.78 is 0. The number of phenols is 1. The molecule has 0 heterocycles. The predicted octanol–water partition coefficient (Wildman–Crippen LogP) is 2.70. The number of rotatable bonds is 7. The van der Waals surface area contributed by atoms with E-state index in [1.165, 1.54) is 19.1 Å². The largest absolute Gasteiger partial charge is 0.505 e. The first-order chi connectivity index (χ1) is 11.4. The van der Waals surface area contributed by atoms with Gasteiger partial charge < -0.3 is 15.7 Å². The summed E-state index contributed by atoms with van der Waals surface area (Å²) in [6.45, 7) is 5.14. The number of phenolic OH excluding ortho intramolecular Hbond substituents is 1.